The van der Waals surface area contributed by atoms with Crippen LogP contribution < -0.4 is 16.0 Å². The van der Waals surface area contributed by atoms with Gasteiger partial charge in [0.1, 0.15) is 0 Å². The number of aryl methyl sites for hydroxylation is 1. The number of hydrogen-bond acceptors (Lipinski definition) is 3. The van der Waals surface area contributed by atoms with Crippen molar-refractivity contribution in [1.82, 2.24) is 10.6 Å². The number of nitrogens with one attached hydrogen (secondary N) is 3. The molecule has 0 atom stereocenters. The number of halogens is 3. The van der Waals surface area contributed by atoms with Crippen molar-refractivity contribution >= 4 is 5.69 Å². The number of anilines is 1. The van der Waals surface area contributed by atoms with Crippen molar-refractivity contribution in [2.24, 2.45) is 0 Å². The third-order valence-corrected chi connectivity index (χ3v) is 4.89. The molecule has 6 heteroatoms. The lowest BCUT2D eigenvalue weighted by Crippen LogP contribution is -2.28. The van der Waals surface area contributed by atoms with Crippen LogP contribution >= 0.6 is 0 Å². The Kier molecular flexibility index (Phi) is 6.39. The van der Waals surface area contributed by atoms with Crippen molar-refractivity contribution in [2.75, 3.05) is 25.0 Å². The Morgan fingerprint density at radius 1 is 0.926 bits per heavy atom. The molecular formula is C21H26F3N3. The second-order valence-electron chi connectivity index (χ2n) is 7.03. The highest BCUT2D eigenvalue weighted by atomic mass is 19.4. The summed E-state index contributed by atoms with van der Waals surface area (Å²) < 4.78 is 36.6. The predicted octanol–water partition coefficient (Wildman–Crippen LogP) is 3.95. The smallest absolute Gasteiger partial charge is 0.381 e. The fourth-order valence-corrected chi connectivity index (χ4v) is 3.45. The molecule has 0 radical (unpaired) electrons. The predicted molar refractivity (Wildman–Crippen MR) is 103 cm³/mol. The van der Waals surface area contributed by atoms with Crippen LogP contribution in [0.1, 0.15) is 27.8 Å². The molecule has 3 rings (SSSR count). The molecule has 0 aliphatic carbocycles. The summed E-state index contributed by atoms with van der Waals surface area (Å²) in [5, 5.41) is 9.44. The molecule has 0 aromatic heterocycles. The zero-order chi connectivity index (χ0) is 19.3. The Bertz CT molecular complexity index is 755. The first-order valence-corrected chi connectivity index (χ1v) is 9.33. The average molecular weight is 377 g/mol. The van der Waals surface area contributed by atoms with E-state index in [0.29, 0.717) is 6.54 Å². The highest BCUT2D eigenvalue weighted by Crippen LogP contribution is 2.27. The van der Waals surface area contributed by atoms with E-state index in [1.54, 1.807) is 0 Å². The van der Waals surface area contributed by atoms with E-state index in [9.17, 15) is 13.2 Å². The first kappa shape index (κ1) is 19.7. The molecule has 0 saturated heterocycles. The van der Waals surface area contributed by atoms with Crippen molar-refractivity contribution in [1.29, 1.82) is 0 Å². The van der Waals surface area contributed by atoms with Crippen LogP contribution in [0.5, 0.6) is 0 Å². The second-order valence-corrected chi connectivity index (χ2v) is 7.03. The van der Waals surface area contributed by atoms with Gasteiger partial charge in [-0.3, -0.25) is 0 Å². The molecule has 0 bridgehead atoms. The fourth-order valence-electron chi connectivity index (χ4n) is 3.45. The van der Waals surface area contributed by atoms with Gasteiger partial charge in [-0.2, -0.15) is 13.2 Å². The molecule has 0 amide bonds. The molecule has 3 nitrogen and oxygen atoms in total. The van der Waals surface area contributed by atoms with Gasteiger partial charge in [0.05, 0.1) is 6.54 Å². The molecule has 27 heavy (non-hydrogen) atoms. The summed E-state index contributed by atoms with van der Waals surface area (Å²) in [6.07, 6.45) is -2.11. The molecule has 0 saturated carbocycles. The van der Waals surface area contributed by atoms with Crippen LogP contribution in [0, 0.1) is 6.92 Å². The summed E-state index contributed by atoms with van der Waals surface area (Å²) >= 11 is 0. The lowest BCUT2D eigenvalue weighted by Gasteiger charge is -2.17. The third kappa shape index (κ3) is 5.71. The molecule has 2 aromatic rings. The second kappa shape index (κ2) is 8.76. The first-order chi connectivity index (χ1) is 12.9. The molecule has 0 unspecified atom stereocenters. The summed E-state index contributed by atoms with van der Waals surface area (Å²) in [5.74, 6) is 0. The molecule has 0 spiro atoms. The Balaban J connectivity index is 1.60. The van der Waals surface area contributed by atoms with Crippen LogP contribution in [0.4, 0.5) is 18.9 Å². The standard InChI is InChI=1S/C21H26F3N3/c1-15-2-7-18-8-10-25-11-9-19(18)20(15)27-13-17-5-3-16(4-6-17)12-26-14-21(22,23)24/h2-7,25-27H,8-14H2,1H3. The van der Waals surface area contributed by atoms with Crippen molar-refractivity contribution in [3.05, 3.63) is 64.2 Å². The molecular weight excluding hydrogens is 351 g/mol. The van der Waals surface area contributed by atoms with Gasteiger partial charge >= 0.3 is 6.18 Å². The molecule has 3 N–H and O–H groups in total. The quantitative estimate of drug-likeness (QED) is 0.714. The van der Waals surface area contributed by atoms with E-state index in [1.165, 1.54) is 22.4 Å². The third-order valence-electron chi connectivity index (χ3n) is 4.89. The summed E-state index contributed by atoms with van der Waals surface area (Å²) in [7, 11) is 0. The lowest BCUT2D eigenvalue weighted by molar-refractivity contribution is -0.125. The van der Waals surface area contributed by atoms with Gasteiger partial charge < -0.3 is 16.0 Å². The van der Waals surface area contributed by atoms with Gasteiger partial charge in [-0.05, 0) is 60.7 Å². The largest absolute Gasteiger partial charge is 0.401 e. The van der Waals surface area contributed by atoms with Crippen LogP contribution in [0.15, 0.2) is 36.4 Å². The van der Waals surface area contributed by atoms with Gasteiger partial charge in [-0.25, -0.2) is 0 Å². The molecule has 146 valence electrons. The molecule has 0 fully saturated rings. The van der Waals surface area contributed by atoms with E-state index in [2.05, 4.69) is 35.0 Å². The van der Waals surface area contributed by atoms with Crippen molar-refractivity contribution in [3.8, 4) is 0 Å². The summed E-state index contributed by atoms with van der Waals surface area (Å²) in [5.41, 5.74) is 7.21. The Hall–Kier alpha value is -2.05. The van der Waals surface area contributed by atoms with Crippen LogP contribution in [-0.4, -0.2) is 25.8 Å². The summed E-state index contributed by atoms with van der Waals surface area (Å²) in [4.78, 5) is 0. The maximum absolute atomic E-state index is 12.2. The minimum Gasteiger partial charge on any atom is -0.381 e. The highest BCUT2D eigenvalue weighted by molar-refractivity contribution is 5.61. The maximum atomic E-state index is 12.2. The first-order valence-electron chi connectivity index (χ1n) is 9.33. The zero-order valence-corrected chi connectivity index (χ0v) is 15.5. The summed E-state index contributed by atoms with van der Waals surface area (Å²) in [6.45, 7) is 4.07. The number of fused-ring (bicyclic) bond motifs is 1. The average Bonchev–Trinajstić information content (AvgIpc) is 2.86. The molecule has 1 heterocycles. The molecule has 1 aliphatic heterocycles. The number of benzene rings is 2. The molecule has 1 aliphatic rings. The minimum absolute atomic E-state index is 0.214. The number of alkyl halides is 3. The van der Waals surface area contributed by atoms with E-state index in [-0.39, 0.29) is 6.54 Å². The van der Waals surface area contributed by atoms with Gasteiger partial charge in [-0.15, -0.1) is 0 Å². The fraction of sp³-hybridized carbons (Fsp3) is 0.429. The van der Waals surface area contributed by atoms with Gasteiger partial charge in [0.2, 0.25) is 0 Å². The van der Waals surface area contributed by atoms with Crippen LogP contribution in [0.3, 0.4) is 0 Å². The Labute approximate surface area is 158 Å². The van der Waals surface area contributed by atoms with Crippen molar-refractivity contribution in [2.45, 2.75) is 39.0 Å². The maximum Gasteiger partial charge on any atom is 0.401 e. The highest BCUT2D eigenvalue weighted by Gasteiger charge is 2.26. The Morgan fingerprint density at radius 3 is 2.30 bits per heavy atom. The zero-order valence-electron chi connectivity index (χ0n) is 15.5. The summed E-state index contributed by atoms with van der Waals surface area (Å²) in [6, 6.07) is 12.1. The van der Waals surface area contributed by atoms with Crippen LogP contribution in [0.25, 0.3) is 0 Å². The van der Waals surface area contributed by atoms with E-state index < -0.39 is 12.7 Å². The Morgan fingerprint density at radius 2 is 1.59 bits per heavy atom. The monoisotopic (exact) mass is 377 g/mol. The SMILES string of the molecule is Cc1ccc2c(c1NCc1ccc(CNCC(F)(F)F)cc1)CCNCC2. The lowest BCUT2D eigenvalue weighted by atomic mass is 9.97. The minimum atomic E-state index is -4.18. The van der Waals surface area contributed by atoms with Crippen LogP contribution in [-0.2, 0) is 25.9 Å². The van der Waals surface area contributed by atoms with Gasteiger partial charge in [0.25, 0.3) is 0 Å². The van der Waals surface area contributed by atoms with E-state index in [0.717, 1.165) is 37.1 Å². The van der Waals surface area contributed by atoms with E-state index in [4.69, 9.17) is 0 Å². The van der Waals surface area contributed by atoms with E-state index in [1.807, 2.05) is 24.3 Å². The van der Waals surface area contributed by atoms with Crippen molar-refractivity contribution < 1.29 is 13.2 Å². The van der Waals surface area contributed by atoms with Gasteiger partial charge in [0.15, 0.2) is 0 Å². The topological polar surface area (TPSA) is 36.1 Å². The van der Waals surface area contributed by atoms with Gasteiger partial charge in [0, 0.05) is 18.8 Å². The van der Waals surface area contributed by atoms with Crippen molar-refractivity contribution in [3.63, 3.8) is 0 Å². The van der Waals surface area contributed by atoms with Gasteiger partial charge in [-0.1, -0.05) is 36.4 Å². The van der Waals surface area contributed by atoms with Crippen LogP contribution in [0.2, 0.25) is 0 Å². The van der Waals surface area contributed by atoms with E-state index >= 15 is 0 Å². The normalized spacial score (nSPS) is 14.5. The number of rotatable bonds is 6. The molecule has 2 aromatic carbocycles. The number of hydrogen-bond donors (Lipinski definition) is 3.